The lowest BCUT2D eigenvalue weighted by atomic mass is 9.98. The van der Waals surface area contributed by atoms with Crippen LogP contribution in [0.5, 0.6) is 0 Å². The summed E-state index contributed by atoms with van der Waals surface area (Å²) in [7, 11) is 0. The molecule has 0 radical (unpaired) electrons. The van der Waals surface area contributed by atoms with Crippen molar-refractivity contribution in [2.45, 2.75) is 50.8 Å². The lowest BCUT2D eigenvalue weighted by Gasteiger charge is -2.26. The number of ether oxygens (including phenoxy) is 2. The third-order valence-electron chi connectivity index (χ3n) is 5.88. The molecule has 0 bridgehead atoms. The van der Waals surface area contributed by atoms with Gasteiger partial charge in [0.15, 0.2) is 0 Å². The summed E-state index contributed by atoms with van der Waals surface area (Å²) in [6.07, 6.45) is -1.28. The molecule has 8 nitrogen and oxygen atoms in total. The number of aliphatic carboxylic acids is 1. The fourth-order valence-electron chi connectivity index (χ4n) is 4.50. The minimum atomic E-state index is -1.14. The molecule has 1 aliphatic carbocycles. The van der Waals surface area contributed by atoms with E-state index in [0.29, 0.717) is 0 Å². The molecule has 174 valence electrons. The molecule has 2 aromatic rings. The van der Waals surface area contributed by atoms with Gasteiger partial charge in [0, 0.05) is 18.9 Å². The van der Waals surface area contributed by atoms with Crippen molar-refractivity contribution in [2.24, 2.45) is 0 Å². The largest absolute Gasteiger partial charge is 0.480 e. The molecule has 33 heavy (non-hydrogen) atoms. The van der Waals surface area contributed by atoms with Crippen LogP contribution < -0.4 is 5.32 Å². The predicted octanol–water partition coefficient (Wildman–Crippen LogP) is 3.99. The zero-order valence-corrected chi connectivity index (χ0v) is 18.9. The number of rotatable bonds is 4. The van der Waals surface area contributed by atoms with Crippen molar-refractivity contribution in [1.29, 1.82) is 0 Å². The summed E-state index contributed by atoms with van der Waals surface area (Å²) in [5, 5.41) is 12.2. The number of likely N-dealkylation sites (tertiary alicyclic amines) is 1. The molecular formula is C25H28N2O6. The zero-order valence-electron chi connectivity index (χ0n) is 18.9. The number of carbonyl (C=O) groups excluding carboxylic acids is 2. The van der Waals surface area contributed by atoms with E-state index in [1.807, 2.05) is 36.4 Å². The van der Waals surface area contributed by atoms with Crippen LogP contribution in [0.15, 0.2) is 48.5 Å². The van der Waals surface area contributed by atoms with E-state index in [1.165, 1.54) is 0 Å². The van der Waals surface area contributed by atoms with Gasteiger partial charge in [-0.3, -0.25) is 4.90 Å². The summed E-state index contributed by atoms with van der Waals surface area (Å²) in [4.78, 5) is 37.8. The lowest BCUT2D eigenvalue weighted by molar-refractivity contribution is -0.142. The summed E-state index contributed by atoms with van der Waals surface area (Å²) in [6.45, 7) is 5.33. The number of nitrogens with zero attached hydrogens (tertiary/aromatic N) is 1. The van der Waals surface area contributed by atoms with Crippen molar-refractivity contribution in [3.05, 3.63) is 59.7 Å². The van der Waals surface area contributed by atoms with Crippen LogP contribution in [0.1, 0.15) is 44.2 Å². The lowest BCUT2D eigenvalue weighted by Crippen LogP contribution is -2.44. The average Bonchev–Trinajstić information content (AvgIpc) is 3.31. The Balaban J connectivity index is 1.39. The summed E-state index contributed by atoms with van der Waals surface area (Å²) < 4.78 is 10.9. The van der Waals surface area contributed by atoms with Gasteiger partial charge in [0.2, 0.25) is 0 Å². The van der Waals surface area contributed by atoms with Gasteiger partial charge in [-0.15, -0.1) is 0 Å². The maximum Gasteiger partial charge on any atom is 0.411 e. The monoisotopic (exact) mass is 452 g/mol. The Labute approximate surface area is 192 Å². The highest BCUT2D eigenvalue weighted by atomic mass is 16.6. The van der Waals surface area contributed by atoms with Crippen molar-refractivity contribution >= 4 is 18.2 Å². The summed E-state index contributed by atoms with van der Waals surface area (Å²) in [5.74, 6) is -1.21. The topological polar surface area (TPSA) is 105 Å². The molecule has 2 atom stereocenters. The van der Waals surface area contributed by atoms with Gasteiger partial charge in [-0.05, 0) is 43.0 Å². The molecule has 0 aromatic heterocycles. The van der Waals surface area contributed by atoms with E-state index in [9.17, 15) is 19.5 Å². The number of hydrogen-bond donors (Lipinski definition) is 2. The number of nitrogens with one attached hydrogen (secondary N) is 1. The summed E-state index contributed by atoms with van der Waals surface area (Å²) >= 11 is 0. The van der Waals surface area contributed by atoms with E-state index >= 15 is 0 Å². The molecule has 8 heteroatoms. The minimum Gasteiger partial charge on any atom is -0.480 e. The predicted molar refractivity (Wildman–Crippen MR) is 121 cm³/mol. The number of benzene rings is 2. The third kappa shape index (κ3) is 4.79. The second kappa shape index (κ2) is 8.77. The molecule has 1 heterocycles. The quantitative estimate of drug-likeness (QED) is 0.727. The van der Waals surface area contributed by atoms with Gasteiger partial charge in [0.25, 0.3) is 0 Å². The van der Waals surface area contributed by atoms with Crippen molar-refractivity contribution in [2.75, 3.05) is 13.2 Å². The van der Waals surface area contributed by atoms with Gasteiger partial charge < -0.3 is 19.9 Å². The van der Waals surface area contributed by atoms with Crippen molar-refractivity contribution in [1.82, 2.24) is 10.2 Å². The van der Waals surface area contributed by atoms with Gasteiger partial charge >= 0.3 is 18.2 Å². The number of hydrogen-bond acceptors (Lipinski definition) is 5. The van der Waals surface area contributed by atoms with E-state index in [-0.39, 0.29) is 25.5 Å². The van der Waals surface area contributed by atoms with Gasteiger partial charge in [-0.1, -0.05) is 48.5 Å². The van der Waals surface area contributed by atoms with E-state index in [1.54, 1.807) is 20.8 Å². The second-order valence-corrected chi connectivity index (χ2v) is 9.39. The molecule has 0 saturated carbocycles. The first-order chi connectivity index (χ1) is 15.6. The molecule has 1 aliphatic heterocycles. The Bertz CT molecular complexity index is 1030. The molecule has 0 spiro atoms. The van der Waals surface area contributed by atoms with Crippen LogP contribution in [0, 0.1) is 0 Å². The highest BCUT2D eigenvalue weighted by Gasteiger charge is 2.42. The SMILES string of the molecule is CC(C)(C)OC(=O)N1C[C@@H](NC(=O)OCC2c3ccccc3-c3ccccc32)CC1C(=O)O. The summed E-state index contributed by atoms with van der Waals surface area (Å²) in [6, 6.07) is 14.5. The molecule has 1 unspecified atom stereocenters. The Morgan fingerprint density at radius 1 is 1.03 bits per heavy atom. The Morgan fingerprint density at radius 2 is 1.61 bits per heavy atom. The van der Waals surface area contributed by atoms with Crippen molar-refractivity contribution in [3.63, 3.8) is 0 Å². The Hall–Kier alpha value is -3.55. The second-order valence-electron chi connectivity index (χ2n) is 9.39. The molecule has 4 rings (SSSR count). The molecular weight excluding hydrogens is 424 g/mol. The molecule has 2 N–H and O–H groups in total. The van der Waals surface area contributed by atoms with Gasteiger partial charge in [0.05, 0.1) is 6.04 Å². The van der Waals surface area contributed by atoms with Crippen LogP contribution in [-0.4, -0.2) is 59.0 Å². The number of alkyl carbamates (subject to hydrolysis) is 1. The minimum absolute atomic E-state index is 0.0378. The first-order valence-corrected chi connectivity index (χ1v) is 11.0. The van der Waals surface area contributed by atoms with Gasteiger partial charge in [-0.2, -0.15) is 0 Å². The number of fused-ring (bicyclic) bond motifs is 3. The first-order valence-electron chi connectivity index (χ1n) is 11.0. The van der Waals surface area contributed by atoms with Crippen LogP contribution >= 0.6 is 0 Å². The Kier molecular flexibility index (Phi) is 6.01. The summed E-state index contributed by atoms with van der Waals surface area (Å²) in [5.41, 5.74) is 3.73. The third-order valence-corrected chi connectivity index (χ3v) is 5.88. The van der Waals surface area contributed by atoms with Crippen LogP contribution in [0.4, 0.5) is 9.59 Å². The number of carbonyl (C=O) groups is 3. The number of carboxylic acid groups (broad SMARTS) is 1. The highest BCUT2D eigenvalue weighted by molar-refractivity contribution is 5.82. The van der Waals surface area contributed by atoms with E-state index in [2.05, 4.69) is 17.4 Å². The van der Waals surface area contributed by atoms with Crippen LogP contribution in [0.25, 0.3) is 11.1 Å². The van der Waals surface area contributed by atoms with E-state index in [0.717, 1.165) is 27.2 Å². The molecule has 2 aromatic carbocycles. The fourth-order valence-corrected chi connectivity index (χ4v) is 4.50. The molecule has 1 saturated heterocycles. The van der Waals surface area contributed by atoms with Gasteiger partial charge in [0.1, 0.15) is 18.2 Å². The highest BCUT2D eigenvalue weighted by Crippen LogP contribution is 2.44. The molecule has 1 fully saturated rings. The van der Waals surface area contributed by atoms with Crippen molar-refractivity contribution < 1.29 is 29.0 Å². The van der Waals surface area contributed by atoms with Crippen LogP contribution in [0.3, 0.4) is 0 Å². The van der Waals surface area contributed by atoms with Crippen LogP contribution in [-0.2, 0) is 14.3 Å². The fraction of sp³-hybridized carbons (Fsp3) is 0.400. The van der Waals surface area contributed by atoms with E-state index < -0.39 is 35.8 Å². The normalized spacial score (nSPS) is 19.5. The standard InChI is InChI=1S/C25H28N2O6/c1-25(2,3)33-24(31)27-13-15(12-21(27)22(28)29)26-23(30)32-14-20-18-10-6-4-8-16(18)17-9-5-7-11-19(17)20/h4-11,15,20-21H,12-14H2,1-3H3,(H,26,30)(H,28,29)/t15-,21?/m0/s1. The first kappa shape index (κ1) is 22.6. The van der Waals surface area contributed by atoms with E-state index in [4.69, 9.17) is 9.47 Å². The maximum atomic E-state index is 12.5. The number of amides is 2. The number of carboxylic acids is 1. The van der Waals surface area contributed by atoms with Gasteiger partial charge in [-0.25, -0.2) is 14.4 Å². The average molecular weight is 453 g/mol. The van der Waals surface area contributed by atoms with Crippen molar-refractivity contribution in [3.8, 4) is 11.1 Å². The smallest absolute Gasteiger partial charge is 0.411 e. The molecule has 2 amide bonds. The zero-order chi connectivity index (χ0) is 23.8. The molecule has 2 aliphatic rings. The maximum absolute atomic E-state index is 12.5. The van der Waals surface area contributed by atoms with Crippen LogP contribution in [0.2, 0.25) is 0 Å². The Morgan fingerprint density at radius 3 is 2.15 bits per heavy atom.